The van der Waals surface area contributed by atoms with Crippen LogP contribution >= 0.6 is 11.6 Å². The molecule has 0 spiro atoms. The van der Waals surface area contributed by atoms with Crippen LogP contribution in [0.1, 0.15) is 18.9 Å². The van der Waals surface area contributed by atoms with Gasteiger partial charge in [-0.2, -0.15) is 0 Å². The number of likely N-dealkylation sites (tertiary alicyclic amines) is 1. The molecule has 0 bridgehead atoms. The summed E-state index contributed by atoms with van der Waals surface area (Å²) in [5.41, 5.74) is 5.38. The predicted octanol–water partition coefficient (Wildman–Crippen LogP) is 5.32. The van der Waals surface area contributed by atoms with Crippen molar-refractivity contribution in [2.45, 2.75) is 25.4 Å². The molecule has 0 saturated carbocycles. The first-order chi connectivity index (χ1) is 20.1. The predicted molar refractivity (Wildman–Crippen MR) is 159 cm³/mol. The van der Waals surface area contributed by atoms with E-state index in [9.17, 15) is 9.59 Å². The van der Waals surface area contributed by atoms with E-state index in [0.29, 0.717) is 42.2 Å². The lowest BCUT2D eigenvalue weighted by Gasteiger charge is -2.32. The highest BCUT2D eigenvalue weighted by Gasteiger charge is 2.27. The van der Waals surface area contributed by atoms with Crippen molar-refractivity contribution in [1.29, 1.82) is 0 Å². The number of hydrogen-bond donors (Lipinski definition) is 1. The lowest BCUT2D eigenvalue weighted by atomic mass is 10.0. The minimum Gasteiger partial charge on any atom is -0.341 e. The summed E-state index contributed by atoms with van der Waals surface area (Å²) >= 11 is 6.64. The van der Waals surface area contributed by atoms with Crippen LogP contribution in [0.15, 0.2) is 90.2 Å². The number of nitrogens with one attached hydrogen (secondary N) is 1. The zero-order valence-electron chi connectivity index (χ0n) is 22.1. The number of piperidine rings is 1. The molecule has 4 aromatic heterocycles. The number of carbonyl (C=O) groups excluding carboxylic acids is 1. The monoisotopic (exact) mass is 563 g/mol. The molecule has 9 nitrogen and oxygen atoms in total. The number of H-pyrrole nitrogens is 1. The average Bonchev–Trinajstić information content (AvgIpc) is 3.54. The van der Waals surface area contributed by atoms with E-state index in [1.165, 1.54) is 0 Å². The van der Waals surface area contributed by atoms with Gasteiger partial charge in [0.05, 0.1) is 16.6 Å². The number of hydrogen-bond acceptors (Lipinski definition) is 5. The number of benzene rings is 2. The third kappa shape index (κ3) is 4.48. The van der Waals surface area contributed by atoms with Crippen molar-refractivity contribution < 1.29 is 4.79 Å². The second-order valence-electron chi connectivity index (χ2n) is 10.2. The number of carbonyl (C=O) groups is 1. The van der Waals surface area contributed by atoms with Gasteiger partial charge in [0.2, 0.25) is 5.91 Å². The second-order valence-corrected chi connectivity index (χ2v) is 10.6. The smallest absolute Gasteiger partial charge is 0.327 e. The number of pyridine rings is 1. The molecule has 6 aromatic rings. The third-order valence-corrected chi connectivity index (χ3v) is 8.17. The fourth-order valence-electron chi connectivity index (χ4n) is 5.88. The molecule has 1 aliphatic rings. The van der Waals surface area contributed by atoms with Crippen molar-refractivity contribution in [3.63, 3.8) is 0 Å². The van der Waals surface area contributed by atoms with Gasteiger partial charge in [0.25, 0.3) is 0 Å². The highest BCUT2D eigenvalue weighted by Crippen LogP contribution is 2.38. The largest absolute Gasteiger partial charge is 0.341 e. The number of rotatable bonds is 5. The number of halogens is 1. The number of aromatic amines is 1. The molecule has 0 unspecified atom stereocenters. The molecule has 1 fully saturated rings. The summed E-state index contributed by atoms with van der Waals surface area (Å²) in [6.07, 6.45) is 6.54. The maximum atomic E-state index is 13.6. The summed E-state index contributed by atoms with van der Waals surface area (Å²) in [4.78, 5) is 44.5. The number of nitrogens with zero attached hydrogens (tertiary/aromatic N) is 6. The first-order valence-electron chi connectivity index (χ1n) is 13.6. The standard InChI is InChI=1S/C31H26ClN7O2/c32-24-10-5-4-9-22(24)23-17-38(30-27(23)28(34-19-35-30)20-7-2-1-3-8-20)18-26(40)37-15-12-21(13-16-37)39-25-11-6-14-33-29(25)36-31(39)41/h1-11,14,17,19,21H,12-13,15-16,18H2,(H,33,36,41). The third-order valence-electron chi connectivity index (χ3n) is 7.84. The van der Waals surface area contributed by atoms with E-state index < -0.39 is 0 Å². The first-order valence-corrected chi connectivity index (χ1v) is 13.9. The summed E-state index contributed by atoms with van der Waals surface area (Å²) in [6, 6.07) is 21.3. The van der Waals surface area contributed by atoms with Gasteiger partial charge in [-0.1, -0.05) is 60.1 Å². The van der Waals surface area contributed by atoms with Gasteiger partial charge >= 0.3 is 5.69 Å². The molecular formula is C31H26ClN7O2. The average molecular weight is 564 g/mol. The Kier molecular flexibility index (Phi) is 6.36. The van der Waals surface area contributed by atoms with Crippen LogP contribution in [-0.2, 0) is 11.3 Å². The number of amides is 1. The normalized spacial score (nSPS) is 14.2. The molecule has 1 N–H and O–H groups in total. The van der Waals surface area contributed by atoms with Gasteiger partial charge < -0.3 is 9.47 Å². The number of imidazole rings is 1. The summed E-state index contributed by atoms with van der Waals surface area (Å²) < 4.78 is 3.67. The van der Waals surface area contributed by atoms with Crippen molar-refractivity contribution in [3.8, 4) is 22.4 Å². The van der Waals surface area contributed by atoms with Gasteiger partial charge in [0, 0.05) is 53.2 Å². The van der Waals surface area contributed by atoms with Crippen LogP contribution < -0.4 is 5.69 Å². The molecule has 0 radical (unpaired) electrons. The molecule has 0 aliphatic carbocycles. The van der Waals surface area contributed by atoms with Gasteiger partial charge in [-0.05, 0) is 31.0 Å². The van der Waals surface area contributed by atoms with E-state index >= 15 is 0 Å². The Morgan fingerprint density at radius 3 is 2.51 bits per heavy atom. The Morgan fingerprint density at radius 2 is 1.71 bits per heavy atom. The molecule has 5 heterocycles. The molecule has 7 rings (SSSR count). The zero-order chi connectivity index (χ0) is 27.9. The van der Waals surface area contributed by atoms with Crippen LogP contribution in [-0.4, -0.2) is 53.0 Å². The number of fused-ring (bicyclic) bond motifs is 2. The SMILES string of the molecule is O=C(Cn1cc(-c2ccccc2Cl)c2c(-c3ccccc3)ncnc21)N1CCC(n2c(=O)[nH]c3ncccc32)CC1. The Balaban J connectivity index is 1.19. The summed E-state index contributed by atoms with van der Waals surface area (Å²) in [5, 5.41) is 1.47. The lowest BCUT2D eigenvalue weighted by molar-refractivity contribution is -0.133. The summed E-state index contributed by atoms with van der Waals surface area (Å²) in [7, 11) is 0. The Morgan fingerprint density at radius 1 is 0.927 bits per heavy atom. The fraction of sp³-hybridized carbons (Fsp3) is 0.194. The van der Waals surface area contributed by atoms with E-state index in [1.807, 2.05) is 82.4 Å². The molecular weight excluding hydrogens is 538 g/mol. The Bertz CT molecular complexity index is 1950. The summed E-state index contributed by atoms with van der Waals surface area (Å²) in [6.45, 7) is 1.25. The molecule has 1 amide bonds. The Labute approximate surface area is 240 Å². The quantitative estimate of drug-likeness (QED) is 0.306. The van der Waals surface area contributed by atoms with E-state index in [0.717, 1.165) is 33.3 Å². The molecule has 2 aromatic carbocycles. The van der Waals surface area contributed by atoms with Gasteiger partial charge in [-0.15, -0.1) is 0 Å². The highest BCUT2D eigenvalue weighted by atomic mass is 35.5. The topological polar surface area (TPSA) is 102 Å². The van der Waals surface area contributed by atoms with E-state index in [4.69, 9.17) is 11.6 Å². The van der Waals surface area contributed by atoms with Crippen LogP contribution in [0.3, 0.4) is 0 Å². The number of aromatic nitrogens is 6. The van der Waals surface area contributed by atoms with Gasteiger partial charge in [0.15, 0.2) is 5.65 Å². The van der Waals surface area contributed by atoms with E-state index in [1.54, 1.807) is 17.1 Å². The van der Waals surface area contributed by atoms with Gasteiger partial charge in [-0.3, -0.25) is 14.3 Å². The van der Waals surface area contributed by atoms with Crippen LogP contribution in [0.25, 0.3) is 44.6 Å². The molecule has 10 heteroatoms. The molecule has 1 aliphatic heterocycles. The van der Waals surface area contributed by atoms with Crippen molar-refractivity contribution >= 4 is 39.7 Å². The zero-order valence-corrected chi connectivity index (χ0v) is 22.8. The minimum atomic E-state index is -0.164. The van der Waals surface area contributed by atoms with E-state index in [2.05, 4.69) is 19.9 Å². The van der Waals surface area contributed by atoms with Crippen molar-refractivity contribution in [1.82, 2.24) is 34.0 Å². The van der Waals surface area contributed by atoms with E-state index in [-0.39, 0.29) is 24.2 Å². The molecule has 41 heavy (non-hydrogen) atoms. The van der Waals surface area contributed by atoms with Crippen LogP contribution in [0, 0.1) is 0 Å². The van der Waals surface area contributed by atoms with Gasteiger partial charge in [-0.25, -0.2) is 19.7 Å². The van der Waals surface area contributed by atoms with Crippen molar-refractivity contribution in [2.24, 2.45) is 0 Å². The molecule has 0 atom stereocenters. The minimum absolute atomic E-state index is 0.00104. The maximum Gasteiger partial charge on any atom is 0.327 e. The lowest BCUT2D eigenvalue weighted by Crippen LogP contribution is -2.41. The second kappa shape index (κ2) is 10.3. The molecule has 204 valence electrons. The fourth-order valence-corrected chi connectivity index (χ4v) is 6.12. The highest BCUT2D eigenvalue weighted by molar-refractivity contribution is 6.33. The van der Waals surface area contributed by atoms with Crippen molar-refractivity contribution in [2.75, 3.05) is 13.1 Å². The summed E-state index contributed by atoms with van der Waals surface area (Å²) in [5.74, 6) is -0.00104. The Hall–Kier alpha value is -4.76. The van der Waals surface area contributed by atoms with Crippen LogP contribution in [0.5, 0.6) is 0 Å². The van der Waals surface area contributed by atoms with Crippen molar-refractivity contribution in [3.05, 3.63) is 101 Å². The van der Waals surface area contributed by atoms with Crippen LogP contribution in [0.4, 0.5) is 0 Å². The maximum absolute atomic E-state index is 13.6. The van der Waals surface area contributed by atoms with Gasteiger partial charge in [0.1, 0.15) is 18.5 Å². The van der Waals surface area contributed by atoms with Crippen LogP contribution in [0.2, 0.25) is 5.02 Å². The first kappa shape index (κ1) is 25.2. The molecule has 1 saturated heterocycles.